The lowest BCUT2D eigenvalue weighted by Gasteiger charge is -2.22. The van der Waals surface area contributed by atoms with E-state index >= 15 is 0 Å². The van der Waals surface area contributed by atoms with Gasteiger partial charge in [-0.1, -0.05) is 0 Å². The van der Waals surface area contributed by atoms with Crippen LogP contribution in [0.1, 0.15) is 34.6 Å². The maximum atomic E-state index is 11.3. The van der Waals surface area contributed by atoms with Gasteiger partial charge >= 0.3 is 0 Å². The highest BCUT2D eigenvalue weighted by Crippen LogP contribution is 1.99. The molecule has 0 aliphatic rings. The molecule has 84 valence electrons. The van der Waals surface area contributed by atoms with E-state index in [-0.39, 0.29) is 23.6 Å². The van der Waals surface area contributed by atoms with Gasteiger partial charge in [0.2, 0.25) is 5.91 Å². The molecule has 1 amide bonds. The molecule has 0 aromatic carbocycles. The number of nitrogens with two attached hydrogens (primary N) is 1. The van der Waals surface area contributed by atoms with Crippen LogP contribution in [0.25, 0.3) is 0 Å². The summed E-state index contributed by atoms with van der Waals surface area (Å²) in [4.78, 5) is 11.3. The van der Waals surface area contributed by atoms with Gasteiger partial charge in [0.15, 0.2) is 0 Å². The zero-order valence-corrected chi connectivity index (χ0v) is 9.81. The summed E-state index contributed by atoms with van der Waals surface area (Å²) in [6.45, 7) is 9.94. The zero-order chi connectivity index (χ0) is 11.4. The Hall–Kier alpha value is -0.610. The van der Waals surface area contributed by atoms with Crippen LogP contribution in [0.15, 0.2) is 0 Å². The van der Waals surface area contributed by atoms with E-state index in [4.69, 9.17) is 10.5 Å². The van der Waals surface area contributed by atoms with Crippen molar-refractivity contribution in [1.29, 1.82) is 0 Å². The van der Waals surface area contributed by atoms with Gasteiger partial charge in [0.05, 0.1) is 6.61 Å². The minimum atomic E-state index is -0.387. The van der Waals surface area contributed by atoms with Crippen molar-refractivity contribution in [2.45, 2.75) is 45.7 Å². The number of carbonyl (C=O) groups is 1. The smallest absolute Gasteiger partial charge is 0.246 e. The van der Waals surface area contributed by atoms with Gasteiger partial charge in [-0.3, -0.25) is 4.79 Å². The first-order valence-corrected chi connectivity index (χ1v) is 4.78. The molecule has 3 N–H and O–H groups in total. The monoisotopic (exact) mass is 202 g/mol. The van der Waals surface area contributed by atoms with Crippen molar-refractivity contribution in [2.24, 2.45) is 5.73 Å². The third-order valence-electron chi connectivity index (χ3n) is 1.22. The van der Waals surface area contributed by atoms with Crippen LogP contribution in [-0.2, 0) is 9.53 Å². The van der Waals surface area contributed by atoms with E-state index < -0.39 is 0 Å². The molecular weight excluding hydrogens is 180 g/mol. The predicted molar refractivity (Wildman–Crippen MR) is 57.0 cm³/mol. The first kappa shape index (κ1) is 13.4. The fourth-order valence-corrected chi connectivity index (χ4v) is 0.861. The number of amides is 1. The van der Waals surface area contributed by atoms with Crippen molar-refractivity contribution in [3.8, 4) is 0 Å². The number of hydrogen-bond donors (Lipinski definition) is 2. The number of rotatable bonds is 4. The molecule has 0 saturated heterocycles. The lowest BCUT2D eigenvalue weighted by atomic mass is 10.1. The minimum Gasteiger partial charge on any atom is -0.370 e. The maximum Gasteiger partial charge on any atom is 0.246 e. The van der Waals surface area contributed by atoms with Gasteiger partial charge in [-0.2, -0.15) is 0 Å². The summed E-state index contributed by atoms with van der Waals surface area (Å²) < 4.78 is 5.17. The maximum absolute atomic E-state index is 11.3. The molecule has 14 heavy (non-hydrogen) atoms. The SMILES string of the molecule is CC(C)(N)COCC(=O)NC(C)(C)C. The second kappa shape index (κ2) is 4.75. The largest absolute Gasteiger partial charge is 0.370 e. The van der Waals surface area contributed by atoms with Crippen LogP contribution in [0.2, 0.25) is 0 Å². The Balaban J connectivity index is 3.66. The molecule has 0 aromatic heterocycles. The summed E-state index contributed by atoms with van der Waals surface area (Å²) in [5.41, 5.74) is 5.10. The predicted octanol–water partition coefficient (Wildman–Crippen LogP) is 0.655. The molecule has 0 aliphatic heterocycles. The normalized spacial score (nSPS) is 12.7. The van der Waals surface area contributed by atoms with E-state index in [9.17, 15) is 4.79 Å². The molecule has 0 saturated carbocycles. The standard InChI is InChI=1S/C10H22N2O2/c1-9(2,3)12-8(13)6-14-7-10(4,5)11/h6-7,11H2,1-5H3,(H,12,13). The quantitative estimate of drug-likeness (QED) is 0.703. The Morgan fingerprint density at radius 1 is 1.29 bits per heavy atom. The first-order chi connectivity index (χ1) is 6.10. The van der Waals surface area contributed by atoms with Crippen molar-refractivity contribution >= 4 is 5.91 Å². The molecule has 0 fully saturated rings. The molecule has 0 spiro atoms. The average Bonchev–Trinajstić information content (AvgIpc) is 1.78. The highest BCUT2D eigenvalue weighted by Gasteiger charge is 2.15. The molecule has 0 aliphatic carbocycles. The molecule has 0 aromatic rings. The number of nitrogens with one attached hydrogen (secondary N) is 1. The van der Waals surface area contributed by atoms with E-state index in [2.05, 4.69) is 5.32 Å². The van der Waals surface area contributed by atoms with Crippen LogP contribution in [0.4, 0.5) is 0 Å². The first-order valence-electron chi connectivity index (χ1n) is 4.78. The van der Waals surface area contributed by atoms with Crippen molar-refractivity contribution in [3.05, 3.63) is 0 Å². The zero-order valence-electron chi connectivity index (χ0n) is 9.81. The van der Waals surface area contributed by atoms with Crippen molar-refractivity contribution in [2.75, 3.05) is 13.2 Å². The van der Waals surface area contributed by atoms with Crippen LogP contribution in [0, 0.1) is 0 Å². The topological polar surface area (TPSA) is 64.3 Å². The second-order valence-electron chi connectivity index (χ2n) is 5.28. The summed E-state index contributed by atoms with van der Waals surface area (Å²) in [7, 11) is 0. The number of hydrogen-bond acceptors (Lipinski definition) is 3. The van der Waals surface area contributed by atoms with Crippen molar-refractivity contribution in [3.63, 3.8) is 0 Å². The third kappa shape index (κ3) is 9.48. The van der Waals surface area contributed by atoms with Gasteiger partial charge in [0.25, 0.3) is 0 Å². The van der Waals surface area contributed by atoms with Gasteiger partial charge in [-0.05, 0) is 34.6 Å². The van der Waals surface area contributed by atoms with Gasteiger partial charge in [-0.15, -0.1) is 0 Å². The summed E-state index contributed by atoms with van der Waals surface area (Å²) in [5.74, 6) is -0.109. The molecule has 4 nitrogen and oxygen atoms in total. The third-order valence-corrected chi connectivity index (χ3v) is 1.22. The van der Waals surface area contributed by atoms with Gasteiger partial charge in [-0.25, -0.2) is 0 Å². The molecule has 4 heteroatoms. The summed E-state index contributed by atoms with van der Waals surface area (Å²) in [6.07, 6.45) is 0. The highest BCUT2D eigenvalue weighted by atomic mass is 16.5. The van der Waals surface area contributed by atoms with Crippen LogP contribution in [0.5, 0.6) is 0 Å². The highest BCUT2D eigenvalue weighted by molar-refractivity contribution is 5.77. The van der Waals surface area contributed by atoms with Gasteiger partial charge < -0.3 is 15.8 Å². The molecule has 0 radical (unpaired) electrons. The molecule has 0 rings (SSSR count). The molecule has 0 atom stereocenters. The van der Waals surface area contributed by atoms with E-state index in [1.807, 2.05) is 34.6 Å². The Morgan fingerprint density at radius 3 is 2.14 bits per heavy atom. The Labute approximate surface area is 86.2 Å². The fourth-order valence-electron chi connectivity index (χ4n) is 0.861. The Bertz CT molecular complexity index is 189. The summed E-state index contributed by atoms with van der Waals surface area (Å²) in [6, 6.07) is 0. The molecule has 0 heterocycles. The van der Waals surface area contributed by atoms with Crippen LogP contribution in [-0.4, -0.2) is 30.2 Å². The molecule has 0 bridgehead atoms. The number of ether oxygens (including phenoxy) is 1. The number of carbonyl (C=O) groups excluding carboxylic acids is 1. The van der Waals surface area contributed by atoms with E-state index in [1.165, 1.54) is 0 Å². The lowest BCUT2D eigenvalue weighted by Crippen LogP contribution is -2.44. The average molecular weight is 202 g/mol. The molecular formula is C10H22N2O2. The van der Waals surface area contributed by atoms with E-state index in [1.54, 1.807) is 0 Å². The van der Waals surface area contributed by atoms with Crippen LogP contribution < -0.4 is 11.1 Å². The molecule has 0 unspecified atom stereocenters. The lowest BCUT2D eigenvalue weighted by molar-refractivity contribution is -0.127. The van der Waals surface area contributed by atoms with Gasteiger partial charge in [0, 0.05) is 11.1 Å². The van der Waals surface area contributed by atoms with Crippen molar-refractivity contribution < 1.29 is 9.53 Å². The van der Waals surface area contributed by atoms with E-state index in [0.717, 1.165) is 0 Å². The van der Waals surface area contributed by atoms with Crippen molar-refractivity contribution in [1.82, 2.24) is 5.32 Å². The van der Waals surface area contributed by atoms with Gasteiger partial charge in [0.1, 0.15) is 6.61 Å². The Kier molecular flexibility index (Phi) is 4.55. The minimum absolute atomic E-state index is 0.0674. The van der Waals surface area contributed by atoms with E-state index in [0.29, 0.717) is 6.61 Å². The fraction of sp³-hybridized carbons (Fsp3) is 0.900. The summed E-state index contributed by atoms with van der Waals surface area (Å²) >= 11 is 0. The van der Waals surface area contributed by atoms with Crippen LogP contribution >= 0.6 is 0 Å². The second-order valence-corrected chi connectivity index (χ2v) is 5.28. The summed E-state index contributed by atoms with van der Waals surface area (Å²) in [5, 5.41) is 2.80. The Morgan fingerprint density at radius 2 is 1.79 bits per heavy atom. The van der Waals surface area contributed by atoms with Crippen LogP contribution in [0.3, 0.4) is 0 Å².